The van der Waals surface area contributed by atoms with Crippen LogP contribution in [0.1, 0.15) is 18.0 Å². The number of cyclic esters (lactones) is 1. The summed E-state index contributed by atoms with van der Waals surface area (Å²) in [6.07, 6.45) is 3.87. The summed E-state index contributed by atoms with van der Waals surface area (Å²) in [5, 5.41) is 0.630. The monoisotopic (exact) mass is 400 g/mol. The molecule has 2 amide bonds. The number of rotatable bonds is 6. The van der Waals surface area contributed by atoms with Gasteiger partial charge in [0.25, 0.3) is 5.91 Å². The molecule has 0 atom stereocenters. The molecule has 0 radical (unpaired) electrons. The maximum absolute atomic E-state index is 11.7. The van der Waals surface area contributed by atoms with E-state index >= 15 is 0 Å². The van der Waals surface area contributed by atoms with Gasteiger partial charge in [0, 0.05) is 35.9 Å². The Morgan fingerprint density at radius 2 is 2.00 bits per heavy atom. The first-order chi connectivity index (χ1) is 13.5. The lowest BCUT2D eigenvalue weighted by atomic mass is 10.1. The predicted octanol–water partition coefficient (Wildman–Crippen LogP) is 3.40. The van der Waals surface area contributed by atoms with Crippen LogP contribution in [0.15, 0.2) is 41.1 Å². The zero-order valence-electron chi connectivity index (χ0n) is 15.1. The molecule has 0 spiro atoms. The average molecular weight is 401 g/mol. The second kappa shape index (κ2) is 7.47. The van der Waals surface area contributed by atoms with Crippen LogP contribution < -0.4 is 0 Å². The van der Waals surface area contributed by atoms with Gasteiger partial charge in [0.05, 0.1) is 0 Å². The average Bonchev–Trinajstić information content (AvgIpc) is 3.37. The van der Waals surface area contributed by atoms with Gasteiger partial charge in [-0.25, -0.2) is 14.7 Å². The van der Waals surface area contributed by atoms with Gasteiger partial charge in [-0.15, -0.1) is 0 Å². The molecule has 0 unspecified atom stereocenters. The van der Waals surface area contributed by atoms with Crippen LogP contribution in [0.3, 0.4) is 0 Å². The summed E-state index contributed by atoms with van der Waals surface area (Å²) in [7, 11) is 0. The zero-order chi connectivity index (χ0) is 19.7. The quantitative estimate of drug-likeness (QED) is 0.629. The number of aryl methyl sites for hydroxylation is 2. The number of ether oxygens (including phenoxy) is 1. The van der Waals surface area contributed by atoms with Gasteiger partial charge >= 0.3 is 12.1 Å². The molecule has 9 heteroatoms. The SMILES string of the molecule is Cc1nccn1-c1nc(-c2ccc(Cl)cc2)c(CCCN2C(=O)COC2=O)o1. The van der Waals surface area contributed by atoms with E-state index < -0.39 is 6.09 Å². The van der Waals surface area contributed by atoms with Gasteiger partial charge in [-0.3, -0.25) is 9.36 Å². The van der Waals surface area contributed by atoms with Crippen LogP contribution in [0.5, 0.6) is 0 Å². The van der Waals surface area contributed by atoms with Crippen molar-refractivity contribution in [3.8, 4) is 17.3 Å². The molecule has 3 aromatic rings. The molecular weight excluding hydrogens is 384 g/mol. The second-order valence-electron chi connectivity index (χ2n) is 6.32. The fourth-order valence-corrected chi connectivity index (χ4v) is 3.15. The lowest BCUT2D eigenvalue weighted by molar-refractivity contribution is -0.125. The van der Waals surface area contributed by atoms with Crippen LogP contribution in [0.4, 0.5) is 4.79 Å². The molecule has 1 aliphatic rings. The van der Waals surface area contributed by atoms with Crippen molar-refractivity contribution in [2.24, 2.45) is 0 Å². The van der Waals surface area contributed by atoms with E-state index in [1.54, 1.807) is 29.1 Å². The Morgan fingerprint density at radius 3 is 2.64 bits per heavy atom. The van der Waals surface area contributed by atoms with Crippen molar-refractivity contribution >= 4 is 23.6 Å². The lowest BCUT2D eigenvalue weighted by Crippen LogP contribution is -2.30. The lowest BCUT2D eigenvalue weighted by Gasteiger charge is -2.09. The van der Waals surface area contributed by atoms with Crippen molar-refractivity contribution in [1.29, 1.82) is 0 Å². The number of hydrogen-bond donors (Lipinski definition) is 0. The van der Waals surface area contributed by atoms with E-state index in [1.807, 2.05) is 19.1 Å². The molecular formula is C19H17ClN4O4. The Kier molecular flexibility index (Phi) is 4.87. The Labute approximate surface area is 165 Å². The molecule has 1 fully saturated rings. The number of aromatic nitrogens is 3. The summed E-state index contributed by atoms with van der Waals surface area (Å²) in [6, 6.07) is 7.73. The minimum Gasteiger partial charge on any atom is -0.439 e. The van der Waals surface area contributed by atoms with Crippen LogP contribution >= 0.6 is 11.6 Å². The van der Waals surface area contributed by atoms with Crippen molar-refractivity contribution in [2.75, 3.05) is 13.2 Å². The zero-order valence-corrected chi connectivity index (χ0v) is 15.8. The number of amides is 2. The summed E-state index contributed by atoms with van der Waals surface area (Å²) >= 11 is 5.99. The highest BCUT2D eigenvalue weighted by atomic mass is 35.5. The number of nitrogens with zero attached hydrogens (tertiary/aromatic N) is 4. The highest BCUT2D eigenvalue weighted by Gasteiger charge is 2.30. The Bertz CT molecular complexity index is 1010. The number of benzene rings is 1. The van der Waals surface area contributed by atoms with E-state index in [0.717, 1.165) is 16.3 Å². The smallest absolute Gasteiger partial charge is 0.417 e. The van der Waals surface area contributed by atoms with Gasteiger partial charge in [0.1, 0.15) is 17.3 Å². The fourth-order valence-electron chi connectivity index (χ4n) is 3.02. The number of hydrogen-bond acceptors (Lipinski definition) is 6. The third kappa shape index (κ3) is 3.50. The Morgan fingerprint density at radius 1 is 1.21 bits per heavy atom. The molecule has 3 heterocycles. The summed E-state index contributed by atoms with van der Waals surface area (Å²) < 4.78 is 12.5. The standard InChI is InChI=1S/C19H17ClN4O4/c1-12-21-8-10-23(12)18-22-17(13-4-6-14(20)7-5-13)15(28-18)3-2-9-24-16(25)11-27-19(24)26/h4-8,10H,2-3,9,11H2,1H3. The molecule has 28 heavy (non-hydrogen) atoms. The number of imidazole rings is 1. The third-order valence-corrected chi connectivity index (χ3v) is 4.71. The predicted molar refractivity (Wildman–Crippen MR) is 100 cm³/mol. The normalized spacial score (nSPS) is 14.0. The largest absolute Gasteiger partial charge is 0.439 e. The minimum absolute atomic E-state index is 0.193. The number of carbonyl (C=O) groups is 2. The van der Waals surface area contributed by atoms with Gasteiger partial charge in [-0.1, -0.05) is 23.7 Å². The molecule has 1 aromatic carbocycles. The van der Waals surface area contributed by atoms with Crippen molar-refractivity contribution in [3.63, 3.8) is 0 Å². The van der Waals surface area contributed by atoms with Crippen LogP contribution in [0.2, 0.25) is 5.02 Å². The van der Waals surface area contributed by atoms with Gasteiger partial charge in [-0.2, -0.15) is 4.98 Å². The van der Waals surface area contributed by atoms with Crippen molar-refractivity contribution < 1.29 is 18.7 Å². The molecule has 1 saturated heterocycles. The third-order valence-electron chi connectivity index (χ3n) is 4.46. The van der Waals surface area contributed by atoms with Crippen molar-refractivity contribution in [3.05, 3.63) is 53.3 Å². The van der Waals surface area contributed by atoms with Crippen LogP contribution in [-0.2, 0) is 16.0 Å². The van der Waals surface area contributed by atoms with Gasteiger partial charge in [0.15, 0.2) is 6.61 Å². The second-order valence-corrected chi connectivity index (χ2v) is 6.76. The van der Waals surface area contributed by atoms with E-state index in [9.17, 15) is 9.59 Å². The van der Waals surface area contributed by atoms with Crippen molar-refractivity contribution in [1.82, 2.24) is 19.4 Å². The summed E-state index contributed by atoms with van der Waals surface area (Å²) in [5.74, 6) is 1.08. The van der Waals surface area contributed by atoms with E-state index in [1.165, 1.54) is 0 Å². The molecule has 0 saturated carbocycles. The first-order valence-corrected chi connectivity index (χ1v) is 9.14. The molecule has 2 aromatic heterocycles. The summed E-state index contributed by atoms with van der Waals surface area (Å²) in [5.41, 5.74) is 1.55. The molecule has 8 nitrogen and oxygen atoms in total. The van der Waals surface area contributed by atoms with Gasteiger partial charge in [-0.05, 0) is 25.5 Å². The van der Waals surface area contributed by atoms with E-state index in [2.05, 4.69) is 9.97 Å². The molecule has 144 valence electrons. The first kappa shape index (κ1) is 18.2. The number of oxazole rings is 1. The minimum atomic E-state index is -0.602. The Hall–Kier alpha value is -3.13. The van der Waals surface area contributed by atoms with Gasteiger partial charge in [0.2, 0.25) is 0 Å². The summed E-state index contributed by atoms with van der Waals surface area (Å²) in [4.78, 5) is 33.2. The molecule has 0 N–H and O–H groups in total. The molecule has 4 rings (SSSR count). The van der Waals surface area contributed by atoms with Crippen molar-refractivity contribution in [2.45, 2.75) is 19.8 Å². The Balaban J connectivity index is 1.60. The number of carbonyl (C=O) groups excluding carboxylic acids is 2. The van der Waals surface area contributed by atoms with Crippen LogP contribution in [0.25, 0.3) is 17.3 Å². The highest BCUT2D eigenvalue weighted by Crippen LogP contribution is 2.28. The topological polar surface area (TPSA) is 90.5 Å². The maximum atomic E-state index is 11.7. The molecule has 1 aliphatic heterocycles. The van der Waals surface area contributed by atoms with Crippen LogP contribution in [-0.4, -0.2) is 44.6 Å². The fraction of sp³-hybridized carbons (Fsp3) is 0.263. The molecule has 0 aliphatic carbocycles. The van der Waals surface area contributed by atoms with E-state index in [-0.39, 0.29) is 19.1 Å². The number of halogens is 1. The van der Waals surface area contributed by atoms with E-state index in [4.69, 9.17) is 20.8 Å². The highest BCUT2D eigenvalue weighted by molar-refractivity contribution is 6.30. The summed E-state index contributed by atoms with van der Waals surface area (Å²) in [6.45, 7) is 1.93. The van der Waals surface area contributed by atoms with Gasteiger partial charge < -0.3 is 9.15 Å². The number of imide groups is 1. The van der Waals surface area contributed by atoms with Crippen LogP contribution in [0, 0.1) is 6.92 Å². The first-order valence-electron chi connectivity index (χ1n) is 8.76. The maximum Gasteiger partial charge on any atom is 0.417 e. The van der Waals surface area contributed by atoms with E-state index in [0.29, 0.717) is 35.3 Å². The molecule has 0 bridgehead atoms.